The first kappa shape index (κ1) is 106. The van der Waals surface area contributed by atoms with E-state index < -0.39 is 97.5 Å². The van der Waals surface area contributed by atoms with E-state index in [1.807, 2.05) is 0 Å². The highest BCUT2D eigenvalue weighted by atomic mass is 31.2. The van der Waals surface area contributed by atoms with E-state index in [2.05, 4.69) is 41.5 Å². The van der Waals surface area contributed by atoms with Crippen molar-refractivity contribution in [3.05, 3.63) is 0 Å². The van der Waals surface area contributed by atoms with Gasteiger partial charge in [-0.1, -0.05) is 427 Å². The number of phosphoric ester groups is 2. The maximum absolute atomic E-state index is 13.2. The summed E-state index contributed by atoms with van der Waals surface area (Å²) in [5.74, 6) is -0.610. The van der Waals surface area contributed by atoms with Crippen LogP contribution in [0.2, 0.25) is 0 Å². The Bertz CT molecular complexity index is 2060. The van der Waals surface area contributed by atoms with Crippen LogP contribution in [-0.2, 0) is 65.4 Å². The van der Waals surface area contributed by atoms with Gasteiger partial charge in [-0.3, -0.25) is 37.3 Å². The molecule has 0 saturated heterocycles. The molecule has 0 aromatic rings. The molecule has 5 atom stereocenters. The first-order chi connectivity index (χ1) is 52.4. The van der Waals surface area contributed by atoms with Gasteiger partial charge in [-0.05, 0) is 37.5 Å². The van der Waals surface area contributed by atoms with Crippen molar-refractivity contribution >= 4 is 39.5 Å². The number of phosphoric acid groups is 2. The van der Waals surface area contributed by atoms with Gasteiger partial charge in [0.2, 0.25) is 0 Å². The summed E-state index contributed by atoms with van der Waals surface area (Å²) < 4.78 is 69.0. The quantitative estimate of drug-likeness (QED) is 0.0222. The van der Waals surface area contributed by atoms with Crippen molar-refractivity contribution < 1.29 is 80.2 Å². The summed E-state index contributed by atoms with van der Waals surface area (Å²) >= 11 is 0. The van der Waals surface area contributed by atoms with Crippen LogP contribution in [0.25, 0.3) is 0 Å². The smallest absolute Gasteiger partial charge is 0.462 e. The van der Waals surface area contributed by atoms with Crippen molar-refractivity contribution in [1.82, 2.24) is 0 Å². The Balaban J connectivity index is 5.21. The minimum atomic E-state index is -4.97. The lowest BCUT2D eigenvalue weighted by atomic mass is 10.0. The van der Waals surface area contributed by atoms with Crippen molar-refractivity contribution in [2.45, 2.75) is 496 Å². The molecule has 0 aromatic carbocycles. The van der Waals surface area contributed by atoms with E-state index in [1.165, 1.54) is 289 Å². The molecule has 0 saturated carbocycles. The molecule has 0 spiro atoms. The summed E-state index contributed by atoms with van der Waals surface area (Å²) in [7, 11) is -9.93. The third kappa shape index (κ3) is 82.1. The lowest BCUT2D eigenvalue weighted by Crippen LogP contribution is -2.30. The van der Waals surface area contributed by atoms with Crippen LogP contribution in [0.15, 0.2) is 0 Å². The summed E-state index contributed by atoms with van der Waals surface area (Å²) in [6.07, 6.45) is 73.9. The number of rotatable bonds is 88. The average molecular weight is 1580 g/mol. The van der Waals surface area contributed by atoms with Crippen LogP contribution < -0.4 is 0 Å². The van der Waals surface area contributed by atoms with Gasteiger partial charge < -0.3 is 33.8 Å². The first-order valence-electron chi connectivity index (χ1n) is 46.0. The predicted octanol–water partition coefficient (Wildman–Crippen LogP) is 27.4. The molecule has 0 radical (unpaired) electrons. The molecule has 19 heteroatoms. The van der Waals surface area contributed by atoms with Crippen molar-refractivity contribution in [2.75, 3.05) is 39.6 Å². The molecule has 108 heavy (non-hydrogen) atoms. The van der Waals surface area contributed by atoms with Gasteiger partial charge in [0.25, 0.3) is 0 Å². The first-order valence-corrected chi connectivity index (χ1v) is 49.0. The Labute approximate surface area is 664 Å². The molecule has 0 aliphatic carbocycles. The van der Waals surface area contributed by atoms with Gasteiger partial charge in [-0.15, -0.1) is 0 Å². The van der Waals surface area contributed by atoms with Crippen molar-refractivity contribution in [1.29, 1.82) is 0 Å². The van der Waals surface area contributed by atoms with Crippen LogP contribution in [-0.4, -0.2) is 96.7 Å². The number of carbonyl (C=O) groups excluding carboxylic acids is 4. The predicted molar refractivity (Wildman–Crippen MR) is 446 cm³/mol. The van der Waals surface area contributed by atoms with Gasteiger partial charge in [-0.25, -0.2) is 9.13 Å². The SMILES string of the molecule is CCCCCCCCCCCCCCCCCCCCCCCC(=O)OC[C@H](COP(=O)(O)OC[C@@H](O)COP(=O)(O)OC[C@@H](COC(=O)CCCCCCCCCC(C)C)OC(=O)CCCCCCCCCCCCCCCC(C)C)OC(=O)CCCCCCCCCCCCCCCCCCCCCCC. The largest absolute Gasteiger partial charge is 0.472 e. The molecule has 0 rings (SSSR count). The third-order valence-corrected chi connectivity index (χ3v) is 22.9. The molecule has 3 N–H and O–H groups in total. The van der Waals surface area contributed by atoms with Gasteiger partial charge in [0, 0.05) is 25.7 Å². The van der Waals surface area contributed by atoms with Crippen molar-refractivity contribution in [2.24, 2.45) is 11.8 Å². The van der Waals surface area contributed by atoms with Crippen LogP contribution in [0.4, 0.5) is 0 Å². The minimum Gasteiger partial charge on any atom is -0.462 e. The number of hydrogen-bond donors (Lipinski definition) is 3. The highest BCUT2D eigenvalue weighted by Gasteiger charge is 2.31. The summed E-state index contributed by atoms with van der Waals surface area (Å²) in [5, 5.41) is 10.7. The van der Waals surface area contributed by atoms with Gasteiger partial charge in [0.15, 0.2) is 12.2 Å². The van der Waals surface area contributed by atoms with E-state index in [4.69, 9.17) is 37.0 Å². The molecule has 0 amide bonds. The van der Waals surface area contributed by atoms with Gasteiger partial charge in [-0.2, -0.15) is 0 Å². The second kappa shape index (κ2) is 80.3. The lowest BCUT2D eigenvalue weighted by molar-refractivity contribution is -0.161. The summed E-state index contributed by atoms with van der Waals surface area (Å²) in [6.45, 7) is 9.64. The van der Waals surface area contributed by atoms with E-state index >= 15 is 0 Å². The zero-order valence-corrected chi connectivity index (χ0v) is 73.0. The van der Waals surface area contributed by atoms with Crippen molar-refractivity contribution in [3.8, 4) is 0 Å². The number of aliphatic hydroxyl groups excluding tert-OH is 1. The molecule has 17 nitrogen and oxygen atoms in total. The maximum atomic E-state index is 13.2. The highest BCUT2D eigenvalue weighted by Crippen LogP contribution is 2.45. The number of unbranched alkanes of at least 4 members (excludes halogenated alkanes) is 58. The number of esters is 4. The number of aliphatic hydroxyl groups is 1. The van der Waals surface area contributed by atoms with E-state index in [0.717, 1.165) is 102 Å². The third-order valence-electron chi connectivity index (χ3n) is 21.0. The normalized spacial score (nSPS) is 13.8. The van der Waals surface area contributed by atoms with Crippen LogP contribution in [0.3, 0.4) is 0 Å². The Morgan fingerprint density at radius 1 is 0.250 bits per heavy atom. The van der Waals surface area contributed by atoms with Gasteiger partial charge in [0.1, 0.15) is 19.3 Å². The summed E-state index contributed by atoms with van der Waals surface area (Å²) in [6, 6.07) is 0. The zero-order chi connectivity index (χ0) is 79.2. The monoisotopic (exact) mass is 1580 g/mol. The average Bonchev–Trinajstić information content (AvgIpc) is 0.898. The zero-order valence-electron chi connectivity index (χ0n) is 71.2. The Morgan fingerprint density at radius 2 is 0.426 bits per heavy atom. The lowest BCUT2D eigenvalue weighted by Gasteiger charge is -2.21. The molecule has 0 fully saturated rings. The fourth-order valence-electron chi connectivity index (χ4n) is 14.0. The highest BCUT2D eigenvalue weighted by molar-refractivity contribution is 7.47. The second-order valence-electron chi connectivity index (χ2n) is 32.9. The standard InChI is InChI=1S/C89H174O17P2/c1-7-9-11-13-15-17-19-21-23-25-27-29-31-33-35-39-43-47-53-59-65-71-86(91)99-77-84(105-88(93)73-67-61-54-48-44-40-36-34-32-30-28-26-24-22-20-18-16-14-12-10-8-2)79-103-107(95,96)101-75-83(90)76-102-108(97,98)104-80-85(78-100-87(92)72-66-60-56-50-52-58-64-70-82(5)6)106-89(94)74-68-62-55-49-45-41-37-38-42-46-51-57-63-69-81(3)4/h81-85,90H,7-80H2,1-6H3,(H,95,96)(H,97,98)/t83-,84-,85-/m1/s1. The number of hydrogen-bond acceptors (Lipinski definition) is 15. The topological polar surface area (TPSA) is 237 Å². The molecule has 2 unspecified atom stereocenters. The minimum absolute atomic E-state index is 0.107. The van der Waals surface area contributed by atoms with Crippen LogP contribution in [0.5, 0.6) is 0 Å². The fourth-order valence-corrected chi connectivity index (χ4v) is 15.5. The molecule has 0 aliphatic heterocycles. The summed E-state index contributed by atoms with van der Waals surface area (Å²) in [5.41, 5.74) is 0. The van der Waals surface area contributed by atoms with Crippen LogP contribution >= 0.6 is 15.6 Å². The Hall–Kier alpha value is -1.94. The van der Waals surface area contributed by atoms with E-state index in [-0.39, 0.29) is 25.7 Å². The van der Waals surface area contributed by atoms with Gasteiger partial charge in [0.05, 0.1) is 26.4 Å². The molecular weight excluding hydrogens is 1400 g/mol. The molecule has 0 heterocycles. The molecule has 0 aromatic heterocycles. The Kier molecular flexibility index (Phi) is 78.8. The molecule has 0 aliphatic rings. The molecular formula is C89H174O17P2. The second-order valence-corrected chi connectivity index (χ2v) is 35.8. The van der Waals surface area contributed by atoms with E-state index in [0.29, 0.717) is 31.6 Å². The van der Waals surface area contributed by atoms with Crippen LogP contribution in [0, 0.1) is 11.8 Å². The van der Waals surface area contributed by atoms with E-state index in [9.17, 15) is 43.2 Å². The van der Waals surface area contributed by atoms with Crippen molar-refractivity contribution in [3.63, 3.8) is 0 Å². The number of ether oxygens (including phenoxy) is 4. The summed E-state index contributed by atoms with van der Waals surface area (Å²) in [4.78, 5) is 73.3. The fraction of sp³-hybridized carbons (Fsp3) is 0.955. The van der Waals surface area contributed by atoms with Gasteiger partial charge >= 0.3 is 39.5 Å². The molecule has 0 bridgehead atoms. The maximum Gasteiger partial charge on any atom is 0.472 e. The van der Waals surface area contributed by atoms with E-state index in [1.54, 1.807) is 0 Å². The Morgan fingerprint density at radius 3 is 0.630 bits per heavy atom. The van der Waals surface area contributed by atoms with Crippen LogP contribution in [0.1, 0.15) is 478 Å². The molecule has 642 valence electrons. The number of carbonyl (C=O) groups is 4.